The highest BCUT2D eigenvalue weighted by Gasteiger charge is 2.35. The molecular weight excluding hydrogens is 380 g/mol. The van der Waals surface area contributed by atoms with Crippen LogP contribution in [0.5, 0.6) is 5.75 Å². The molecule has 0 fully saturated rings. The third-order valence-corrected chi connectivity index (χ3v) is 5.03. The molecule has 0 amide bonds. The van der Waals surface area contributed by atoms with E-state index in [0.717, 1.165) is 11.1 Å². The number of hydrogen-bond donors (Lipinski definition) is 2. The molecule has 6 heteroatoms. The van der Waals surface area contributed by atoms with Gasteiger partial charge in [-0.1, -0.05) is 60.2 Å². The van der Waals surface area contributed by atoms with Crippen molar-refractivity contribution in [1.29, 1.82) is 0 Å². The minimum atomic E-state index is -0.826. The van der Waals surface area contributed by atoms with E-state index < -0.39 is 12.3 Å². The number of aliphatic hydroxyl groups is 1. The summed E-state index contributed by atoms with van der Waals surface area (Å²) < 4.78 is 12.3. The highest BCUT2D eigenvalue weighted by molar-refractivity contribution is 6.31. The lowest BCUT2D eigenvalue weighted by molar-refractivity contribution is -0.165. The van der Waals surface area contributed by atoms with E-state index in [-0.39, 0.29) is 25.0 Å². The predicted molar refractivity (Wildman–Crippen MR) is 106 cm³/mol. The fourth-order valence-corrected chi connectivity index (χ4v) is 3.45. The van der Waals surface area contributed by atoms with Gasteiger partial charge in [0.25, 0.3) is 0 Å². The molecule has 3 atom stereocenters. The lowest BCUT2D eigenvalue weighted by Crippen LogP contribution is -2.28. The maximum atomic E-state index is 10.6. The summed E-state index contributed by atoms with van der Waals surface area (Å²) in [5.41, 5.74) is 1.61. The Labute approximate surface area is 169 Å². The molecule has 3 rings (SSSR count). The molecule has 0 radical (unpaired) electrons. The van der Waals surface area contributed by atoms with Crippen LogP contribution < -0.4 is 4.74 Å². The standard InChI is InChI=1S/C22H23ClO5/c23-18-11-6-4-9-16(18)22-27-19-12-7-5-10-17(19)21(28-22)15(14-24)8-2-1-3-13-20(25)26/h1-2,4-7,9-12,15,21-22,24H,3,8,13-14H2,(H,25,26)/b2-1-/t15-,21?,22?/m1/s1. The monoisotopic (exact) mass is 402 g/mol. The van der Waals surface area contributed by atoms with Gasteiger partial charge in [0, 0.05) is 30.1 Å². The maximum absolute atomic E-state index is 10.6. The Morgan fingerprint density at radius 3 is 2.54 bits per heavy atom. The molecule has 0 saturated carbocycles. The lowest BCUT2D eigenvalue weighted by Gasteiger charge is -2.36. The molecule has 0 spiro atoms. The minimum Gasteiger partial charge on any atom is -0.481 e. The van der Waals surface area contributed by atoms with Crippen LogP contribution >= 0.6 is 11.6 Å². The SMILES string of the molecule is O=C(O)CC/C=C\C[C@H](CO)C1OC(c2ccccc2Cl)Oc2ccccc21. The van der Waals surface area contributed by atoms with Crippen LogP contribution in [0, 0.1) is 5.92 Å². The second-order valence-corrected chi connectivity index (χ2v) is 7.06. The second kappa shape index (κ2) is 9.73. The minimum absolute atomic E-state index is 0.0719. The van der Waals surface area contributed by atoms with Gasteiger partial charge in [0.05, 0.1) is 11.1 Å². The average Bonchev–Trinajstić information content (AvgIpc) is 2.70. The van der Waals surface area contributed by atoms with Gasteiger partial charge >= 0.3 is 5.97 Å². The zero-order valence-corrected chi connectivity index (χ0v) is 16.1. The highest BCUT2D eigenvalue weighted by Crippen LogP contribution is 2.45. The number of carboxylic acids is 1. The maximum Gasteiger partial charge on any atom is 0.303 e. The number of allylic oxidation sites excluding steroid dienone is 2. The molecule has 2 aromatic carbocycles. The fraction of sp³-hybridized carbons (Fsp3) is 0.318. The third-order valence-electron chi connectivity index (χ3n) is 4.68. The van der Waals surface area contributed by atoms with Gasteiger partial charge in [-0.25, -0.2) is 0 Å². The summed E-state index contributed by atoms with van der Waals surface area (Å²) in [7, 11) is 0. The van der Waals surface area contributed by atoms with Crippen molar-refractivity contribution in [3.05, 3.63) is 76.8 Å². The number of rotatable bonds is 8. The first-order valence-corrected chi connectivity index (χ1v) is 9.61. The van der Waals surface area contributed by atoms with Crippen molar-refractivity contribution in [2.24, 2.45) is 5.92 Å². The number of carbonyl (C=O) groups is 1. The summed E-state index contributed by atoms with van der Waals surface area (Å²) in [6, 6.07) is 15.0. The van der Waals surface area contributed by atoms with Crippen LogP contribution in [0.15, 0.2) is 60.7 Å². The first-order chi connectivity index (χ1) is 13.6. The Balaban J connectivity index is 1.81. The van der Waals surface area contributed by atoms with Crippen LogP contribution in [0.25, 0.3) is 0 Å². The number of hydrogen-bond acceptors (Lipinski definition) is 4. The number of aliphatic carboxylic acids is 1. The second-order valence-electron chi connectivity index (χ2n) is 6.65. The zero-order chi connectivity index (χ0) is 19.9. The van der Waals surface area contributed by atoms with Crippen molar-refractivity contribution < 1.29 is 24.5 Å². The Bertz CT molecular complexity index is 835. The molecule has 1 aliphatic heterocycles. The molecule has 28 heavy (non-hydrogen) atoms. The Morgan fingerprint density at radius 1 is 1.11 bits per heavy atom. The van der Waals surface area contributed by atoms with Gasteiger partial charge in [-0.3, -0.25) is 4.79 Å². The molecule has 0 aromatic heterocycles. The van der Waals surface area contributed by atoms with E-state index in [1.54, 1.807) is 6.07 Å². The van der Waals surface area contributed by atoms with Crippen molar-refractivity contribution in [3.8, 4) is 5.75 Å². The van der Waals surface area contributed by atoms with E-state index in [4.69, 9.17) is 26.2 Å². The largest absolute Gasteiger partial charge is 0.481 e. The number of carboxylic acid groups (broad SMARTS) is 1. The summed E-state index contributed by atoms with van der Waals surface area (Å²) in [5.74, 6) is -0.319. The molecule has 2 aromatic rings. The van der Waals surface area contributed by atoms with Crippen molar-refractivity contribution >= 4 is 17.6 Å². The quantitative estimate of drug-likeness (QED) is 0.613. The van der Waals surface area contributed by atoms with Gasteiger partial charge in [0.2, 0.25) is 6.29 Å². The van der Waals surface area contributed by atoms with E-state index >= 15 is 0 Å². The fourth-order valence-electron chi connectivity index (χ4n) is 3.23. The number of ether oxygens (including phenoxy) is 2. The average molecular weight is 403 g/mol. The van der Waals surface area contributed by atoms with Crippen LogP contribution in [0.3, 0.4) is 0 Å². The third kappa shape index (κ3) is 4.93. The molecule has 5 nitrogen and oxygen atoms in total. The first-order valence-electron chi connectivity index (χ1n) is 9.23. The predicted octanol–water partition coefficient (Wildman–Crippen LogP) is 4.91. The van der Waals surface area contributed by atoms with E-state index in [1.807, 2.05) is 54.6 Å². The van der Waals surface area contributed by atoms with E-state index in [0.29, 0.717) is 23.6 Å². The summed E-state index contributed by atoms with van der Waals surface area (Å²) >= 11 is 6.32. The lowest BCUT2D eigenvalue weighted by atomic mass is 9.91. The zero-order valence-electron chi connectivity index (χ0n) is 15.3. The van der Waals surface area contributed by atoms with Crippen LogP contribution in [0.1, 0.15) is 42.8 Å². The molecule has 0 saturated heterocycles. The van der Waals surface area contributed by atoms with Gasteiger partial charge in [-0.05, 0) is 25.0 Å². The number of halogens is 1. The topological polar surface area (TPSA) is 76.0 Å². The Kier molecular flexibility index (Phi) is 7.09. The smallest absolute Gasteiger partial charge is 0.303 e. The van der Waals surface area contributed by atoms with E-state index in [2.05, 4.69) is 0 Å². The van der Waals surface area contributed by atoms with Crippen LogP contribution in [-0.4, -0.2) is 22.8 Å². The molecule has 0 bridgehead atoms. The molecule has 148 valence electrons. The first kappa shape index (κ1) is 20.4. The van der Waals surface area contributed by atoms with Gasteiger partial charge in [-0.2, -0.15) is 0 Å². The number of benzene rings is 2. The summed E-state index contributed by atoms with van der Waals surface area (Å²) in [6.45, 7) is -0.0719. The van der Waals surface area contributed by atoms with Gasteiger partial charge < -0.3 is 19.7 Å². The van der Waals surface area contributed by atoms with Crippen molar-refractivity contribution in [1.82, 2.24) is 0 Å². The van der Waals surface area contributed by atoms with E-state index in [9.17, 15) is 9.90 Å². The molecule has 0 aliphatic carbocycles. The van der Waals surface area contributed by atoms with Crippen molar-refractivity contribution in [2.75, 3.05) is 6.61 Å². The highest BCUT2D eigenvalue weighted by atomic mass is 35.5. The molecule has 1 aliphatic rings. The number of para-hydroxylation sites is 1. The summed E-state index contributed by atoms with van der Waals surface area (Å²) in [6.07, 6.45) is 3.79. The summed E-state index contributed by atoms with van der Waals surface area (Å²) in [4.78, 5) is 10.6. The number of aliphatic hydroxyl groups excluding tert-OH is 1. The van der Waals surface area contributed by atoms with Crippen molar-refractivity contribution in [3.63, 3.8) is 0 Å². The van der Waals surface area contributed by atoms with Crippen molar-refractivity contribution in [2.45, 2.75) is 31.7 Å². The molecular formula is C22H23ClO5. The molecule has 2 unspecified atom stereocenters. The van der Waals surface area contributed by atoms with Crippen LogP contribution in [0.4, 0.5) is 0 Å². The summed E-state index contributed by atoms with van der Waals surface area (Å²) in [5, 5.41) is 19.3. The van der Waals surface area contributed by atoms with E-state index in [1.165, 1.54) is 0 Å². The normalized spacial score (nSPS) is 19.8. The molecule has 1 heterocycles. The molecule has 2 N–H and O–H groups in total. The number of fused-ring (bicyclic) bond motifs is 1. The van der Waals surface area contributed by atoms with Gasteiger partial charge in [-0.15, -0.1) is 0 Å². The van der Waals surface area contributed by atoms with Gasteiger partial charge in [0.1, 0.15) is 5.75 Å². The Hall–Kier alpha value is -2.34. The van der Waals surface area contributed by atoms with Gasteiger partial charge in [0.15, 0.2) is 0 Å². The Morgan fingerprint density at radius 2 is 1.82 bits per heavy atom. The van der Waals surface area contributed by atoms with Crippen LogP contribution in [-0.2, 0) is 9.53 Å². The van der Waals surface area contributed by atoms with Crippen LogP contribution in [0.2, 0.25) is 5.02 Å².